The number of amides is 1. The molecule has 1 aliphatic heterocycles. The molecule has 0 aromatic heterocycles. The second kappa shape index (κ2) is 8.44. The number of rotatable bonds is 5. The maximum absolute atomic E-state index is 12.9. The first-order valence-corrected chi connectivity index (χ1v) is 9.50. The Morgan fingerprint density at radius 3 is 2.54 bits per heavy atom. The summed E-state index contributed by atoms with van der Waals surface area (Å²) in [6.07, 6.45) is 0.551. The lowest BCUT2D eigenvalue weighted by Gasteiger charge is -2.23. The van der Waals surface area contributed by atoms with Gasteiger partial charge in [0.2, 0.25) is 5.91 Å². The SMILES string of the molecule is CCOC(=O)Oc1cc(C)c(CC(N)C(=O)N2CCc3ccccc32)c(C)c1. The molecule has 1 unspecified atom stereocenters. The molecule has 3 rings (SSSR count). The molecule has 0 fully saturated rings. The van der Waals surface area contributed by atoms with Crippen molar-refractivity contribution in [3.05, 3.63) is 58.7 Å². The fourth-order valence-electron chi connectivity index (χ4n) is 3.65. The van der Waals surface area contributed by atoms with Crippen LogP contribution in [0.1, 0.15) is 29.2 Å². The van der Waals surface area contributed by atoms with Gasteiger partial charge in [0.25, 0.3) is 0 Å². The summed E-state index contributed by atoms with van der Waals surface area (Å²) in [5, 5.41) is 0. The van der Waals surface area contributed by atoms with E-state index in [9.17, 15) is 9.59 Å². The van der Waals surface area contributed by atoms with Gasteiger partial charge in [0.15, 0.2) is 0 Å². The van der Waals surface area contributed by atoms with Gasteiger partial charge in [-0.15, -0.1) is 0 Å². The molecule has 2 aromatic carbocycles. The van der Waals surface area contributed by atoms with Crippen LogP contribution in [0.2, 0.25) is 0 Å². The lowest BCUT2D eigenvalue weighted by molar-refractivity contribution is -0.119. The van der Waals surface area contributed by atoms with Gasteiger partial charge in [-0.1, -0.05) is 18.2 Å². The third-order valence-electron chi connectivity index (χ3n) is 5.03. The molecule has 2 aromatic rings. The average molecular weight is 382 g/mol. The van der Waals surface area contributed by atoms with Crippen molar-refractivity contribution in [1.29, 1.82) is 0 Å². The van der Waals surface area contributed by atoms with Crippen molar-refractivity contribution in [2.45, 2.75) is 39.7 Å². The van der Waals surface area contributed by atoms with Crippen molar-refractivity contribution in [2.24, 2.45) is 5.73 Å². The molecule has 1 atom stereocenters. The predicted molar refractivity (Wildman–Crippen MR) is 108 cm³/mol. The van der Waals surface area contributed by atoms with E-state index >= 15 is 0 Å². The standard InChI is InChI=1S/C22H26N2O4/c1-4-27-22(26)28-17-11-14(2)18(15(3)12-17)13-19(23)21(25)24-10-9-16-7-5-6-8-20(16)24/h5-8,11-12,19H,4,9-10,13,23H2,1-3H3. The number of hydrogen-bond donors (Lipinski definition) is 1. The Morgan fingerprint density at radius 1 is 1.18 bits per heavy atom. The second-order valence-corrected chi connectivity index (χ2v) is 7.00. The zero-order chi connectivity index (χ0) is 20.3. The average Bonchev–Trinajstić information content (AvgIpc) is 3.08. The Morgan fingerprint density at radius 2 is 1.86 bits per heavy atom. The predicted octanol–water partition coefficient (Wildman–Crippen LogP) is 3.30. The van der Waals surface area contributed by atoms with Crippen LogP contribution in [-0.4, -0.2) is 31.3 Å². The molecule has 1 heterocycles. The topological polar surface area (TPSA) is 81.9 Å². The van der Waals surface area contributed by atoms with Crippen LogP contribution in [0.5, 0.6) is 5.75 Å². The first kappa shape index (κ1) is 19.9. The number of anilines is 1. The summed E-state index contributed by atoms with van der Waals surface area (Å²) in [5.41, 5.74) is 11.2. The van der Waals surface area contributed by atoms with Gasteiger partial charge in [0, 0.05) is 12.2 Å². The van der Waals surface area contributed by atoms with Gasteiger partial charge in [-0.05, 0) is 74.1 Å². The molecular weight excluding hydrogens is 356 g/mol. The molecule has 148 valence electrons. The summed E-state index contributed by atoms with van der Waals surface area (Å²) >= 11 is 0. The van der Waals surface area contributed by atoms with Gasteiger partial charge >= 0.3 is 6.16 Å². The van der Waals surface area contributed by atoms with Gasteiger partial charge in [0.05, 0.1) is 12.6 Å². The van der Waals surface area contributed by atoms with Crippen LogP contribution in [0.3, 0.4) is 0 Å². The number of nitrogens with zero attached hydrogens (tertiary/aromatic N) is 1. The smallest absolute Gasteiger partial charge is 0.434 e. The van der Waals surface area contributed by atoms with Crippen molar-refractivity contribution < 1.29 is 19.1 Å². The number of benzene rings is 2. The number of ether oxygens (including phenoxy) is 2. The molecule has 0 bridgehead atoms. The van der Waals surface area contributed by atoms with Crippen LogP contribution in [0.4, 0.5) is 10.5 Å². The van der Waals surface area contributed by atoms with Gasteiger partial charge in [-0.3, -0.25) is 4.79 Å². The van der Waals surface area contributed by atoms with Crippen LogP contribution in [0, 0.1) is 13.8 Å². The highest BCUT2D eigenvalue weighted by molar-refractivity contribution is 5.99. The molecule has 1 amide bonds. The molecular formula is C22H26N2O4. The molecule has 0 spiro atoms. The van der Waals surface area contributed by atoms with E-state index in [1.165, 1.54) is 5.56 Å². The summed E-state index contributed by atoms with van der Waals surface area (Å²) in [4.78, 5) is 26.2. The highest BCUT2D eigenvalue weighted by Crippen LogP contribution is 2.29. The monoisotopic (exact) mass is 382 g/mol. The van der Waals surface area contributed by atoms with Crippen LogP contribution in [0.15, 0.2) is 36.4 Å². The molecule has 1 aliphatic rings. The Hall–Kier alpha value is -2.86. The van der Waals surface area contributed by atoms with Gasteiger partial charge in [-0.2, -0.15) is 0 Å². The zero-order valence-corrected chi connectivity index (χ0v) is 16.5. The molecule has 6 heteroatoms. The largest absolute Gasteiger partial charge is 0.513 e. The molecule has 0 saturated carbocycles. The zero-order valence-electron chi connectivity index (χ0n) is 16.5. The quantitative estimate of drug-likeness (QED) is 0.634. The number of carbonyl (C=O) groups is 2. The van der Waals surface area contributed by atoms with E-state index in [4.69, 9.17) is 15.2 Å². The van der Waals surface area contributed by atoms with E-state index in [1.54, 1.807) is 24.0 Å². The lowest BCUT2D eigenvalue weighted by atomic mass is 9.95. The minimum atomic E-state index is -0.728. The fourth-order valence-corrected chi connectivity index (χ4v) is 3.65. The number of fused-ring (bicyclic) bond motifs is 1. The molecule has 28 heavy (non-hydrogen) atoms. The Balaban J connectivity index is 1.73. The van der Waals surface area contributed by atoms with Crippen molar-refractivity contribution in [3.8, 4) is 5.75 Å². The molecule has 6 nitrogen and oxygen atoms in total. The molecule has 0 radical (unpaired) electrons. The maximum atomic E-state index is 12.9. The second-order valence-electron chi connectivity index (χ2n) is 7.00. The maximum Gasteiger partial charge on any atom is 0.513 e. The van der Waals surface area contributed by atoms with E-state index in [-0.39, 0.29) is 12.5 Å². The molecule has 0 aliphatic carbocycles. The van der Waals surface area contributed by atoms with Crippen molar-refractivity contribution >= 4 is 17.7 Å². The van der Waals surface area contributed by atoms with Gasteiger partial charge in [-0.25, -0.2) is 4.79 Å². The Kier molecular flexibility index (Phi) is 5.99. The lowest BCUT2D eigenvalue weighted by Crippen LogP contribution is -2.44. The minimum absolute atomic E-state index is 0.0735. The Labute approximate surface area is 165 Å². The Bertz CT molecular complexity index is 871. The molecule has 2 N–H and O–H groups in total. The third kappa shape index (κ3) is 4.17. The van der Waals surface area contributed by atoms with E-state index in [2.05, 4.69) is 0 Å². The number of carbonyl (C=O) groups excluding carboxylic acids is 2. The summed E-state index contributed by atoms with van der Waals surface area (Å²) in [6, 6.07) is 10.8. The summed E-state index contributed by atoms with van der Waals surface area (Å²) in [7, 11) is 0. The summed E-state index contributed by atoms with van der Waals surface area (Å²) < 4.78 is 9.98. The first-order chi connectivity index (χ1) is 13.4. The molecule has 0 saturated heterocycles. The number of nitrogens with two attached hydrogens (primary N) is 1. The van der Waals surface area contributed by atoms with E-state index in [1.807, 2.05) is 38.1 Å². The fraction of sp³-hybridized carbons (Fsp3) is 0.364. The van der Waals surface area contributed by atoms with E-state index in [0.29, 0.717) is 18.7 Å². The third-order valence-corrected chi connectivity index (χ3v) is 5.03. The first-order valence-electron chi connectivity index (χ1n) is 9.50. The van der Waals surface area contributed by atoms with E-state index < -0.39 is 12.2 Å². The van der Waals surface area contributed by atoms with E-state index in [0.717, 1.165) is 28.8 Å². The van der Waals surface area contributed by atoms with Crippen molar-refractivity contribution in [1.82, 2.24) is 0 Å². The van der Waals surface area contributed by atoms with Crippen molar-refractivity contribution in [2.75, 3.05) is 18.1 Å². The summed E-state index contributed by atoms with van der Waals surface area (Å²) in [5.74, 6) is 0.348. The van der Waals surface area contributed by atoms with Crippen LogP contribution >= 0.6 is 0 Å². The van der Waals surface area contributed by atoms with Gasteiger partial charge in [0.1, 0.15) is 5.75 Å². The number of para-hydroxylation sites is 1. The number of aryl methyl sites for hydroxylation is 2. The van der Waals surface area contributed by atoms with Crippen LogP contribution in [0.25, 0.3) is 0 Å². The normalized spacial score (nSPS) is 13.8. The van der Waals surface area contributed by atoms with Crippen LogP contribution in [-0.2, 0) is 22.4 Å². The van der Waals surface area contributed by atoms with Gasteiger partial charge < -0.3 is 20.1 Å². The van der Waals surface area contributed by atoms with Crippen molar-refractivity contribution in [3.63, 3.8) is 0 Å². The minimum Gasteiger partial charge on any atom is -0.434 e. The summed E-state index contributed by atoms with van der Waals surface area (Å²) in [6.45, 7) is 6.48. The highest BCUT2D eigenvalue weighted by Gasteiger charge is 2.28. The highest BCUT2D eigenvalue weighted by atomic mass is 16.7. The van der Waals surface area contributed by atoms with Crippen LogP contribution < -0.4 is 15.4 Å². The number of hydrogen-bond acceptors (Lipinski definition) is 5.